The number of benzene rings is 1. The number of ether oxygens (including phenoxy) is 1. The molecular weight excluding hydrogens is 302 g/mol. The molecule has 1 aromatic carbocycles. The van der Waals surface area contributed by atoms with Gasteiger partial charge in [-0.15, -0.1) is 0 Å². The van der Waals surface area contributed by atoms with Gasteiger partial charge in [-0.2, -0.15) is 0 Å². The summed E-state index contributed by atoms with van der Waals surface area (Å²) < 4.78 is 5.22. The van der Waals surface area contributed by atoms with Crippen molar-refractivity contribution < 1.29 is 14.9 Å². The van der Waals surface area contributed by atoms with Crippen LogP contribution >= 0.6 is 0 Å². The molecule has 3 atom stereocenters. The van der Waals surface area contributed by atoms with Crippen LogP contribution in [0.4, 0.5) is 0 Å². The van der Waals surface area contributed by atoms with Gasteiger partial charge in [0.05, 0.1) is 13.2 Å². The minimum atomic E-state index is -0.251. The van der Waals surface area contributed by atoms with Crippen LogP contribution in [-0.4, -0.2) is 41.4 Å². The third kappa shape index (κ3) is 3.86. The summed E-state index contributed by atoms with van der Waals surface area (Å²) in [6.45, 7) is 10.4. The number of phenolic OH excluding ortho intramolecular Hbond substituents is 1. The van der Waals surface area contributed by atoms with Crippen LogP contribution in [0, 0.1) is 11.8 Å². The fourth-order valence-corrected chi connectivity index (χ4v) is 4.11. The van der Waals surface area contributed by atoms with Crippen molar-refractivity contribution in [3.05, 3.63) is 23.3 Å². The molecule has 0 saturated carbocycles. The lowest BCUT2D eigenvalue weighted by Gasteiger charge is -2.46. The predicted molar refractivity (Wildman–Crippen MR) is 97.6 cm³/mol. The third-order valence-electron chi connectivity index (χ3n) is 5.16. The molecule has 24 heavy (non-hydrogen) atoms. The number of rotatable bonds is 3. The van der Waals surface area contributed by atoms with Crippen LogP contribution in [0.3, 0.4) is 0 Å². The number of aliphatic hydroxyl groups is 1. The van der Waals surface area contributed by atoms with E-state index in [4.69, 9.17) is 4.74 Å². The summed E-state index contributed by atoms with van der Waals surface area (Å²) in [5.41, 5.74) is 2.40. The monoisotopic (exact) mass is 335 g/mol. The van der Waals surface area contributed by atoms with Gasteiger partial charge in [0.25, 0.3) is 0 Å². The number of methoxy groups -OCH3 is 1. The van der Waals surface area contributed by atoms with Crippen molar-refractivity contribution in [2.45, 2.75) is 59.1 Å². The average Bonchev–Trinajstić information content (AvgIpc) is 2.56. The molecule has 4 nitrogen and oxygen atoms in total. The second kappa shape index (κ2) is 8.21. The number of hydrogen-bond donors (Lipinski definition) is 2. The van der Waals surface area contributed by atoms with Gasteiger partial charge in [-0.25, -0.2) is 0 Å². The molecule has 0 bridgehead atoms. The summed E-state index contributed by atoms with van der Waals surface area (Å²) in [6, 6.07) is 4.01. The van der Waals surface area contributed by atoms with E-state index in [0.717, 1.165) is 37.9 Å². The van der Waals surface area contributed by atoms with E-state index in [2.05, 4.69) is 18.7 Å². The number of phenols is 1. The van der Waals surface area contributed by atoms with Crippen LogP contribution < -0.4 is 4.74 Å². The van der Waals surface area contributed by atoms with E-state index in [-0.39, 0.29) is 17.9 Å². The second-order valence-corrected chi connectivity index (χ2v) is 7.18. The lowest BCUT2D eigenvalue weighted by Crippen LogP contribution is -2.48. The Labute approximate surface area is 146 Å². The quantitative estimate of drug-likeness (QED) is 0.883. The molecule has 0 aromatic heterocycles. The average molecular weight is 335 g/mol. The van der Waals surface area contributed by atoms with Gasteiger partial charge in [0.1, 0.15) is 0 Å². The number of nitrogens with zero attached hydrogens (tertiary/aromatic N) is 1. The van der Waals surface area contributed by atoms with Crippen molar-refractivity contribution in [1.82, 2.24) is 4.90 Å². The maximum Gasteiger partial charge on any atom is 0.160 e. The maximum absolute atomic E-state index is 10.5. The number of aliphatic hydroxyl groups excluding tert-OH is 1. The Balaban J connectivity index is 0.00000100. The van der Waals surface area contributed by atoms with E-state index in [9.17, 15) is 10.2 Å². The van der Waals surface area contributed by atoms with Crippen molar-refractivity contribution in [2.24, 2.45) is 11.8 Å². The van der Waals surface area contributed by atoms with Crippen LogP contribution in [-0.2, 0) is 6.42 Å². The van der Waals surface area contributed by atoms with Crippen molar-refractivity contribution in [2.75, 3.05) is 20.2 Å². The molecular formula is C20H33NO3. The van der Waals surface area contributed by atoms with Crippen LogP contribution in [0.25, 0.3) is 0 Å². The lowest BCUT2D eigenvalue weighted by molar-refractivity contribution is -0.0191. The van der Waals surface area contributed by atoms with E-state index < -0.39 is 0 Å². The minimum absolute atomic E-state index is 0.196. The van der Waals surface area contributed by atoms with Gasteiger partial charge in [-0.05, 0) is 54.4 Å². The topological polar surface area (TPSA) is 52.9 Å². The molecule has 2 heterocycles. The third-order valence-corrected chi connectivity index (χ3v) is 5.16. The summed E-state index contributed by atoms with van der Waals surface area (Å²) in [7, 11) is 1.58. The molecule has 3 rings (SSSR count). The molecule has 2 aliphatic heterocycles. The lowest BCUT2D eigenvalue weighted by atomic mass is 9.79. The SMILES string of the molecule is CC.COc1cc2c(cc1O)C1C[C@@H](O)C(CC(C)C)CN1CC2. The highest BCUT2D eigenvalue weighted by atomic mass is 16.5. The van der Waals surface area contributed by atoms with E-state index >= 15 is 0 Å². The fourth-order valence-electron chi connectivity index (χ4n) is 4.11. The Hall–Kier alpha value is -1.26. The predicted octanol–water partition coefficient (Wildman–Crippen LogP) is 3.75. The molecule has 2 N–H and O–H groups in total. The highest BCUT2D eigenvalue weighted by molar-refractivity contribution is 5.48. The fraction of sp³-hybridized carbons (Fsp3) is 0.700. The van der Waals surface area contributed by atoms with E-state index in [0.29, 0.717) is 17.6 Å². The zero-order valence-corrected chi connectivity index (χ0v) is 15.7. The molecule has 1 fully saturated rings. The van der Waals surface area contributed by atoms with Gasteiger partial charge < -0.3 is 14.9 Å². The van der Waals surface area contributed by atoms with Gasteiger partial charge in [0.2, 0.25) is 0 Å². The normalized spacial score (nSPS) is 26.2. The van der Waals surface area contributed by atoms with E-state index in [1.807, 2.05) is 26.0 Å². The number of fused-ring (bicyclic) bond motifs is 3. The van der Waals surface area contributed by atoms with E-state index in [1.165, 1.54) is 5.56 Å². The molecule has 0 amide bonds. The Morgan fingerprint density at radius 2 is 2.00 bits per heavy atom. The molecule has 136 valence electrons. The largest absolute Gasteiger partial charge is 0.504 e. The van der Waals surface area contributed by atoms with Crippen LogP contribution in [0.5, 0.6) is 11.5 Å². The number of piperidine rings is 1. The van der Waals surface area contributed by atoms with Crippen molar-refractivity contribution in [3.63, 3.8) is 0 Å². The first-order valence-corrected chi connectivity index (χ1v) is 9.31. The minimum Gasteiger partial charge on any atom is -0.504 e. The number of aromatic hydroxyl groups is 1. The van der Waals surface area contributed by atoms with Crippen LogP contribution in [0.15, 0.2) is 12.1 Å². The molecule has 0 spiro atoms. The number of hydrogen-bond acceptors (Lipinski definition) is 4. The molecule has 2 unspecified atom stereocenters. The van der Waals surface area contributed by atoms with Crippen molar-refractivity contribution in [1.29, 1.82) is 0 Å². The molecule has 4 heteroatoms. The maximum atomic E-state index is 10.5. The highest BCUT2D eigenvalue weighted by Crippen LogP contribution is 2.43. The molecule has 0 radical (unpaired) electrons. The Kier molecular flexibility index (Phi) is 6.53. The molecule has 0 aliphatic carbocycles. The summed E-state index contributed by atoms with van der Waals surface area (Å²) >= 11 is 0. The van der Waals surface area contributed by atoms with Gasteiger partial charge in [-0.1, -0.05) is 27.7 Å². The standard InChI is InChI=1S/C18H27NO3.C2H6/c1-11(2)6-13-10-19-5-4-12-7-18(22-3)17(21)8-14(12)15(19)9-16(13)20;1-2/h7-8,11,13,15-16,20-21H,4-6,9-10H2,1-3H3;1-2H3/t13?,15?,16-;/m1./s1. The van der Waals surface area contributed by atoms with Gasteiger partial charge in [0, 0.05) is 19.1 Å². The summed E-state index contributed by atoms with van der Waals surface area (Å²) in [5, 5.41) is 20.6. The van der Waals surface area contributed by atoms with E-state index in [1.54, 1.807) is 7.11 Å². The Morgan fingerprint density at radius 3 is 2.62 bits per heavy atom. The van der Waals surface area contributed by atoms with Gasteiger partial charge >= 0.3 is 0 Å². The highest BCUT2D eigenvalue weighted by Gasteiger charge is 2.38. The zero-order chi connectivity index (χ0) is 17.9. The first-order chi connectivity index (χ1) is 11.5. The summed E-state index contributed by atoms with van der Waals surface area (Å²) in [4.78, 5) is 2.48. The Bertz CT molecular complexity index is 544. The van der Waals surface area contributed by atoms with Gasteiger partial charge in [0.15, 0.2) is 11.5 Å². The first-order valence-electron chi connectivity index (χ1n) is 9.31. The Morgan fingerprint density at radius 1 is 1.29 bits per heavy atom. The van der Waals surface area contributed by atoms with Crippen molar-refractivity contribution in [3.8, 4) is 11.5 Å². The molecule has 1 saturated heterocycles. The van der Waals surface area contributed by atoms with Crippen LogP contribution in [0.2, 0.25) is 0 Å². The smallest absolute Gasteiger partial charge is 0.160 e. The zero-order valence-electron chi connectivity index (χ0n) is 15.7. The van der Waals surface area contributed by atoms with Gasteiger partial charge in [-0.3, -0.25) is 4.90 Å². The first kappa shape index (κ1) is 19.1. The second-order valence-electron chi connectivity index (χ2n) is 7.18. The summed E-state index contributed by atoms with van der Waals surface area (Å²) in [6.07, 6.45) is 2.56. The molecule has 2 aliphatic rings. The summed E-state index contributed by atoms with van der Waals surface area (Å²) in [5.74, 6) is 1.72. The van der Waals surface area contributed by atoms with Crippen molar-refractivity contribution >= 4 is 0 Å². The molecule has 1 aromatic rings. The van der Waals surface area contributed by atoms with Crippen LogP contribution in [0.1, 0.15) is 57.7 Å².